The summed E-state index contributed by atoms with van der Waals surface area (Å²) in [6.07, 6.45) is -1.33. The summed E-state index contributed by atoms with van der Waals surface area (Å²) in [5.41, 5.74) is -0.823. The Kier molecular flexibility index (Phi) is 4.03. The number of hydrogen-bond donors (Lipinski definition) is 0. The Morgan fingerprint density at radius 1 is 1.24 bits per heavy atom. The van der Waals surface area contributed by atoms with Crippen molar-refractivity contribution in [1.29, 1.82) is 0 Å². The third-order valence-electron chi connectivity index (χ3n) is 4.61. The number of nitrogens with zero attached hydrogens (tertiary/aromatic N) is 2. The third kappa shape index (κ3) is 3.51. The molecule has 1 aliphatic carbocycles. The molecule has 120 valence electrons. The summed E-state index contributed by atoms with van der Waals surface area (Å²) in [5, 5.41) is 3.78. The summed E-state index contributed by atoms with van der Waals surface area (Å²) in [5.74, 6) is 0. The lowest BCUT2D eigenvalue weighted by molar-refractivity contribution is -0.141. The van der Waals surface area contributed by atoms with E-state index >= 15 is 0 Å². The molecule has 1 aliphatic rings. The van der Waals surface area contributed by atoms with Crippen molar-refractivity contribution in [3.8, 4) is 0 Å². The quantitative estimate of drug-likeness (QED) is 0.759. The second-order valence-corrected chi connectivity index (χ2v) is 12.1. The molecule has 0 radical (unpaired) electrons. The minimum absolute atomic E-state index is 0.0240. The Hall–Kier alpha value is -0.823. The van der Waals surface area contributed by atoms with Crippen molar-refractivity contribution in [1.82, 2.24) is 9.78 Å². The molecule has 0 saturated heterocycles. The molecule has 3 nitrogen and oxygen atoms in total. The molecule has 1 heterocycles. The van der Waals surface area contributed by atoms with Crippen LogP contribution in [0.5, 0.6) is 0 Å². The van der Waals surface area contributed by atoms with E-state index in [1.165, 1.54) is 10.9 Å². The van der Waals surface area contributed by atoms with E-state index in [1.54, 1.807) is 0 Å². The van der Waals surface area contributed by atoms with E-state index in [0.717, 1.165) is 18.9 Å². The molecule has 1 fully saturated rings. The first-order valence-electron chi connectivity index (χ1n) is 7.20. The van der Waals surface area contributed by atoms with Gasteiger partial charge in [0.05, 0.1) is 6.04 Å². The summed E-state index contributed by atoms with van der Waals surface area (Å²) in [6, 6.07) is 1.05. The largest absolute Gasteiger partial charge is 0.435 e. The minimum atomic E-state index is -4.37. The van der Waals surface area contributed by atoms with Crippen molar-refractivity contribution < 1.29 is 17.6 Å². The Morgan fingerprint density at radius 2 is 1.81 bits per heavy atom. The topological polar surface area (TPSA) is 27.1 Å². The average molecular weight is 320 g/mol. The van der Waals surface area contributed by atoms with E-state index in [4.69, 9.17) is 4.43 Å². The molecule has 0 amide bonds. The summed E-state index contributed by atoms with van der Waals surface area (Å²) >= 11 is 0. The lowest BCUT2D eigenvalue weighted by Gasteiger charge is -2.44. The fourth-order valence-corrected chi connectivity index (χ4v) is 3.52. The molecule has 1 saturated carbocycles. The maximum absolute atomic E-state index is 12.5. The van der Waals surface area contributed by atoms with Gasteiger partial charge in [-0.05, 0) is 37.0 Å². The van der Waals surface area contributed by atoms with Gasteiger partial charge < -0.3 is 4.43 Å². The van der Waals surface area contributed by atoms with Crippen LogP contribution in [0, 0.1) is 0 Å². The van der Waals surface area contributed by atoms with Crippen LogP contribution >= 0.6 is 0 Å². The third-order valence-corrected chi connectivity index (χ3v) is 9.15. The molecule has 0 aromatic carbocycles. The molecule has 21 heavy (non-hydrogen) atoms. The minimum Gasteiger partial charge on any atom is -0.414 e. The SMILES string of the molecule is CC(C)(C)[Si](C)(C)OC1CC(n2ccc(C(F)(F)F)n2)C1. The lowest BCUT2D eigenvalue weighted by Crippen LogP contribution is -2.47. The monoisotopic (exact) mass is 320 g/mol. The molecule has 0 bridgehead atoms. The zero-order valence-corrected chi connectivity index (χ0v) is 14.2. The highest BCUT2D eigenvalue weighted by Crippen LogP contribution is 2.43. The van der Waals surface area contributed by atoms with E-state index in [1.807, 2.05) is 0 Å². The van der Waals surface area contributed by atoms with Crippen LogP contribution in [0.1, 0.15) is 45.3 Å². The van der Waals surface area contributed by atoms with E-state index < -0.39 is 20.2 Å². The highest BCUT2D eigenvalue weighted by atomic mass is 28.4. The van der Waals surface area contributed by atoms with Crippen LogP contribution in [-0.2, 0) is 10.6 Å². The second-order valence-electron chi connectivity index (χ2n) is 7.30. The predicted octanol–water partition coefficient (Wildman–Crippen LogP) is 4.63. The van der Waals surface area contributed by atoms with Gasteiger partial charge in [0, 0.05) is 12.3 Å². The molecule has 2 rings (SSSR count). The zero-order chi connectivity index (χ0) is 16.1. The van der Waals surface area contributed by atoms with E-state index in [2.05, 4.69) is 39.0 Å². The van der Waals surface area contributed by atoms with Gasteiger partial charge in [-0.15, -0.1) is 0 Å². The molecule has 0 spiro atoms. The van der Waals surface area contributed by atoms with Gasteiger partial charge in [0.2, 0.25) is 0 Å². The first-order chi connectivity index (χ1) is 9.40. The Morgan fingerprint density at radius 3 is 2.24 bits per heavy atom. The van der Waals surface area contributed by atoms with Crippen LogP contribution in [0.25, 0.3) is 0 Å². The van der Waals surface area contributed by atoms with Gasteiger partial charge in [0.1, 0.15) is 0 Å². The molecule has 0 aliphatic heterocycles. The first-order valence-corrected chi connectivity index (χ1v) is 10.1. The molecular formula is C14H23F3N2OSi. The number of hydrogen-bond acceptors (Lipinski definition) is 2. The van der Waals surface area contributed by atoms with Crippen molar-refractivity contribution >= 4 is 8.32 Å². The number of halogens is 3. The second kappa shape index (κ2) is 5.12. The van der Waals surface area contributed by atoms with Gasteiger partial charge in [-0.2, -0.15) is 18.3 Å². The van der Waals surface area contributed by atoms with Crippen molar-refractivity contribution in [3.05, 3.63) is 18.0 Å². The van der Waals surface area contributed by atoms with Crippen molar-refractivity contribution in [2.24, 2.45) is 0 Å². The summed E-state index contributed by atoms with van der Waals surface area (Å²) in [4.78, 5) is 0. The molecule has 0 atom stereocenters. The van der Waals surface area contributed by atoms with Gasteiger partial charge in [-0.1, -0.05) is 20.8 Å². The Bertz CT molecular complexity index is 499. The van der Waals surface area contributed by atoms with Crippen LogP contribution in [-0.4, -0.2) is 24.2 Å². The average Bonchev–Trinajstić information content (AvgIpc) is 2.69. The fourth-order valence-electron chi connectivity index (χ4n) is 2.14. The van der Waals surface area contributed by atoms with Crippen molar-refractivity contribution in [2.75, 3.05) is 0 Å². The Balaban J connectivity index is 1.91. The fraction of sp³-hybridized carbons (Fsp3) is 0.786. The van der Waals surface area contributed by atoms with Gasteiger partial charge >= 0.3 is 6.18 Å². The standard InChI is InChI=1S/C14H23F3N2OSi/c1-13(2,3)21(4,5)20-11-8-10(9-11)19-7-6-12(18-19)14(15,16)17/h6-7,10-11H,8-9H2,1-5H3. The van der Waals surface area contributed by atoms with Crippen LogP contribution in [0.2, 0.25) is 18.1 Å². The maximum Gasteiger partial charge on any atom is 0.435 e. The highest BCUT2D eigenvalue weighted by molar-refractivity contribution is 6.74. The van der Waals surface area contributed by atoms with Crippen molar-refractivity contribution in [3.63, 3.8) is 0 Å². The predicted molar refractivity (Wildman–Crippen MR) is 77.6 cm³/mol. The van der Waals surface area contributed by atoms with E-state index in [0.29, 0.717) is 0 Å². The number of aromatic nitrogens is 2. The van der Waals surface area contributed by atoms with Gasteiger partial charge in [0.15, 0.2) is 14.0 Å². The molecule has 1 aromatic rings. The van der Waals surface area contributed by atoms with E-state index in [9.17, 15) is 13.2 Å². The molecule has 0 N–H and O–H groups in total. The summed E-state index contributed by atoms with van der Waals surface area (Å²) in [6.45, 7) is 10.9. The molecular weight excluding hydrogens is 297 g/mol. The Labute approximate surface area is 124 Å². The number of alkyl halides is 3. The van der Waals surface area contributed by atoms with Crippen LogP contribution in [0.4, 0.5) is 13.2 Å². The molecule has 7 heteroatoms. The molecule has 1 aromatic heterocycles. The maximum atomic E-state index is 12.5. The van der Waals surface area contributed by atoms with Crippen molar-refractivity contribution in [2.45, 2.75) is 70.1 Å². The summed E-state index contributed by atoms with van der Waals surface area (Å²) < 4.78 is 45.2. The van der Waals surface area contributed by atoms with E-state index in [-0.39, 0.29) is 17.2 Å². The van der Waals surface area contributed by atoms with Crippen LogP contribution in [0.3, 0.4) is 0 Å². The summed E-state index contributed by atoms with van der Waals surface area (Å²) in [7, 11) is -1.80. The molecule has 0 unspecified atom stereocenters. The first kappa shape index (κ1) is 16.5. The van der Waals surface area contributed by atoms with Crippen LogP contribution < -0.4 is 0 Å². The normalized spacial score (nSPS) is 24.0. The van der Waals surface area contributed by atoms with Gasteiger partial charge in [0.25, 0.3) is 0 Å². The number of rotatable bonds is 3. The van der Waals surface area contributed by atoms with Gasteiger partial charge in [-0.3, -0.25) is 4.68 Å². The smallest absolute Gasteiger partial charge is 0.414 e. The van der Waals surface area contributed by atoms with Gasteiger partial charge in [-0.25, -0.2) is 0 Å². The lowest BCUT2D eigenvalue weighted by atomic mass is 9.90. The van der Waals surface area contributed by atoms with Crippen LogP contribution in [0.15, 0.2) is 12.3 Å². The highest BCUT2D eigenvalue weighted by Gasteiger charge is 2.43. The zero-order valence-electron chi connectivity index (χ0n) is 13.2.